The number of likely N-dealkylation sites (tertiary alicyclic amines) is 1. The van der Waals surface area contributed by atoms with Crippen LogP contribution in [0.1, 0.15) is 49.6 Å². The number of nitrogens with one attached hydrogen (secondary N) is 2. The third kappa shape index (κ3) is 6.75. The summed E-state index contributed by atoms with van der Waals surface area (Å²) >= 11 is 6.81. The van der Waals surface area contributed by atoms with Crippen LogP contribution in [0.15, 0.2) is 42.5 Å². The van der Waals surface area contributed by atoms with Crippen LogP contribution in [0.4, 0.5) is 4.79 Å². The number of piperidine rings is 1. The number of hydrogen-bond donors (Lipinski definition) is 3. The number of tetrazole rings is 1. The van der Waals surface area contributed by atoms with Crippen molar-refractivity contribution in [2.75, 3.05) is 26.7 Å². The number of halogens is 1. The molecule has 0 radical (unpaired) electrons. The van der Waals surface area contributed by atoms with E-state index < -0.39 is 11.7 Å². The molecule has 1 aliphatic rings. The summed E-state index contributed by atoms with van der Waals surface area (Å²) in [7, 11) is 1.50. The van der Waals surface area contributed by atoms with Crippen LogP contribution in [0.5, 0.6) is 0 Å². The molecule has 10 nitrogen and oxygen atoms in total. The summed E-state index contributed by atoms with van der Waals surface area (Å²) in [5.41, 5.74) is 2.24. The largest absolute Gasteiger partial charge is 0.450 e. The Morgan fingerprint density at radius 3 is 2.85 bits per heavy atom. The third-order valence-corrected chi connectivity index (χ3v) is 7.71. The van der Waals surface area contributed by atoms with Gasteiger partial charge >= 0.3 is 6.09 Å². The van der Waals surface area contributed by atoms with Crippen molar-refractivity contribution in [1.29, 1.82) is 0 Å². The molecule has 2 amide bonds. The lowest BCUT2D eigenvalue weighted by atomic mass is 9.72. The molecule has 1 fully saturated rings. The quantitative estimate of drug-likeness (QED) is 0.324. The molecular weight excluding hydrogens is 520 g/mol. The van der Waals surface area contributed by atoms with Crippen molar-refractivity contribution in [1.82, 2.24) is 30.8 Å². The number of aromatic nitrogens is 4. The second kappa shape index (κ2) is 13.0. The van der Waals surface area contributed by atoms with Crippen molar-refractivity contribution in [3.05, 3.63) is 64.4 Å². The molecule has 1 aliphatic heterocycles. The Morgan fingerprint density at radius 1 is 1.28 bits per heavy atom. The summed E-state index contributed by atoms with van der Waals surface area (Å²) in [5, 5.41) is 29.3. The maximum absolute atomic E-state index is 13.1. The number of ether oxygens (including phenoxy) is 1. The van der Waals surface area contributed by atoms with Gasteiger partial charge in [-0.05, 0) is 54.9 Å². The zero-order valence-corrected chi connectivity index (χ0v) is 23.1. The number of carbonyl (C=O) groups excluding carboxylic acids is 2. The number of aryl methyl sites for hydroxylation is 1. The normalized spacial score (nSPS) is 16.9. The van der Waals surface area contributed by atoms with Crippen molar-refractivity contribution in [2.24, 2.45) is 5.92 Å². The first-order valence-corrected chi connectivity index (χ1v) is 13.7. The molecule has 4 rings (SSSR count). The molecule has 2 heterocycles. The summed E-state index contributed by atoms with van der Waals surface area (Å²) < 4.78 is 5.22. The van der Waals surface area contributed by atoms with Gasteiger partial charge in [0.15, 0.2) is 5.82 Å². The minimum atomic E-state index is -1.33. The van der Waals surface area contributed by atoms with Crippen LogP contribution in [-0.4, -0.2) is 69.4 Å². The molecule has 1 saturated heterocycles. The zero-order chi connectivity index (χ0) is 27.8. The van der Waals surface area contributed by atoms with E-state index in [-0.39, 0.29) is 24.9 Å². The van der Waals surface area contributed by atoms with Crippen LogP contribution in [-0.2, 0) is 28.0 Å². The molecule has 2 aromatic carbocycles. The molecule has 2 atom stereocenters. The number of aliphatic hydroxyl groups is 1. The molecule has 0 bridgehead atoms. The summed E-state index contributed by atoms with van der Waals surface area (Å²) in [5.74, 6) is -0.0583. The first-order chi connectivity index (χ1) is 18.9. The van der Waals surface area contributed by atoms with Crippen molar-refractivity contribution in [3.8, 4) is 11.1 Å². The standard InChI is InChI=1S/C28H35ClN6O4/c1-3-19-8-4-9-20(16-19)26-22(11-5-12-23(26)29)28(38,13-7-15-39-27(37)30-2)21-10-6-14-35(18-21)25(36)17-24-31-33-34-32-24/h4-5,8-9,11-12,16,21,38H,3,6-7,10,13-15,17-18H2,1-2H3,(H,30,37)(H,31,32,33,34). The van der Waals surface area contributed by atoms with E-state index in [1.54, 1.807) is 4.90 Å². The van der Waals surface area contributed by atoms with Crippen molar-refractivity contribution in [2.45, 2.75) is 51.0 Å². The Bertz CT molecular complexity index is 1270. The van der Waals surface area contributed by atoms with Crippen LogP contribution in [0.25, 0.3) is 11.1 Å². The summed E-state index contributed by atoms with van der Waals surface area (Å²) in [6, 6.07) is 13.8. The van der Waals surface area contributed by atoms with Crippen LogP contribution < -0.4 is 5.32 Å². The fourth-order valence-electron chi connectivity index (χ4n) is 5.36. The second-order valence-corrected chi connectivity index (χ2v) is 10.2. The van der Waals surface area contributed by atoms with E-state index in [9.17, 15) is 14.7 Å². The highest BCUT2D eigenvalue weighted by Crippen LogP contribution is 2.45. The van der Waals surface area contributed by atoms with E-state index >= 15 is 0 Å². The molecule has 0 saturated carbocycles. The van der Waals surface area contributed by atoms with E-state index in [1.807, 2.05) is 30.3 Å². The number of benzene rings is 2. The predicted octanol–water partition coefficient (Wildman–Crippen LogP) is 3.89. The number of carbonyl (C=O) groups is 2. The average Bonchev–Trinajstić information content (AvgIpc) is 3.48. The van der Waals surface area contributed by atoms with Gasteiger partial charge in [-0.25, -0.2) is 4.79 Å². The van der Waals surface area contributed by atoms with Gasteiger partial charge in [-0.3, -0.25) is 4.79 Å². The smallest absolute Gasteiger partial charge is 0.406 e. The first kappa shape index (κ1) is 28.5. The molecule has 1 aromatic heterocycles. The summed E-state index contributed by atoms with van der Waals surface area (Å²) in [6.07, 6.45) is 2.60. The van der Waals surface area contributed by atoms with E-state index in [0.29, 0.717) is 42.3 Å². The number of hydrogen-bond acceptors (Lipinski definition) is 7. The topological polar surface area (TPSA) is 133 Å². The van der Waals surface area contributed by atoms with Gasteiger partial charge in [-0.2, -0.15) is 5.21 Å². The third-order valence-electron chi connectivity index (χ3n) is 7.39. The Hall–Kier alpha value is -3.50. The van der Waals surface area contributed by atoms with Gasteiger partial charge in [0.2, 0.25) is 5.91 Å². The van der Waals surface area contributed by atoms with Gasteiger partial charge in [0.05, 0.1) is 18.6 Å². The number of amides is 2. The number of H-pyrrole nitrogens is 1. The van der Waals surface area contributed by atoms with Crippen LogP contribution in [0, 0.1) is 5.92 Å². The average molecular weight is 555 g/mol. The van der Waals surface area contributed by atoms with Crippen LogP contribution in [0.3, 0.4) is 0 Å². The Morgan fingerprint density at radius 2 is 2.10 bits per heavy atom. The van der Waals surface area contributed by atoms with Crippen molar-refractivity contribution < 1.29 is 19.4 Å². The Kier molecular flexibility index (Phi) is 9.53. The van der Waals surface area contributed by atoms with Crippen molar-refractivity contribution in [3.63, 3.8) is 0 Å². The van der Waals surface area contributed by atoms with Gasteiger partial charge in [0, 0.05) is 36.6 Å². The second-order valence-electron chi connectivity index (χ2n) is 9.81. The highest BCUT2D eigenvalue weighted by Gasteiger charge is 2.43. The summed E-state index contributed by atoms with van der Waals surface area (Å²) in [6.45, 7) is 3.20. The molecule has 3 N–H and O–H groups in total. The van der Waals surface area contributed by atoms with Crippen LogP contribution >= 0.6 is 11.6 Å². The summed E-state index contributed by atoms with van der Waals surface area (Å²) in [4.78, 5) is 26.5. The number of nitrogens with zero attached hydrogens (tertiary/aromatic N) is 4. The van der Waals surface area contributed by atoms with Gasteiger partial charge < -0.3 is 20.1 Å². The number of rotatable bonds is 10. The van der Waals surface area contributed by atoms with Gasteiger partial charge in [-0.15, -0.1) is 10.2 Å². The molecular formula is C28H35ClN6O4. The minimum Gasteiger partial charge on any atom is -0.450 e. The van der Waals surface area contributed by atoms with Gasteiger partial charge in [-0.1, -0.05) is 60.1 Å². The van der Waals surface area contributed by atoms with E-state index in [0.717, 1.165) is 36.0 Å². The lowest BCUT2D eigenvalue weighted by Gasteiger charge is -2.43. The number of aromatic amines is 1. The monoisotopic (exact) mass is 554 g/mol. The maximum atomic E-state index is 13.1. The maximum Gasteiger partial charge on any atom is 0.406 e. The highest BCUT2D eigenvalue weighted by atomic mass is 35.5. The minimum absolute atomic E-state index is 0.0356. The first-order valence-electron chi connectivity index (χ1n) is 13.3. The molecule has 0 aliphatic carbocycles. The Labute approximate surface area is 233 Å². The molecule has 208 valence electrons. The molecule has 39 heavy (non-hydrogen) atoms. The Balaban J connectivity index is 1.68. The van der Waals surface area contributed by atoms with E-state index in [4.69, 9.17) is 16.3 Å². The fraction of sp³-hybridized carbons (Fsp3) is 0.464. The number of alkyl carbamates (subject to hydrolysis) is 1. The van der Waals surface area contributed by atoms with Gasteiger partial charge in [0.25, 0.3) is 0 Å². The molecule has 3 aromatic rings. The highest BCUT2D eigenvalue weighted by molar-refractivity contribution is 6.33. The van der Waals surface area contributed by atoms with E-state index in [1.165, 1.54) is 7.05 Å². The molecule has 0 spiro atoms. The SMILES string of the molecule is CCc1cccc(-c2c(Cl)cccc2C(O)(CCCOC(=O)NC)C2CCCN(C(=O)Cc3nn[nH]n3)C2)c1. The lowest BCUT2D eigenvalue weighted by molar-refractivity contribution is -0.136. The predicted molar refractivity (Wildman–Crippen MR) is 147 cm³/mol. The van der Waals surface area contributed by atoms with Gasteiger partial charge in [0.1, 0.15) is 0 Å². The lowest BCUT2D eigenvalue weighted by Crippen LogP contribution is -2.49. The van der Waals surface area contributed by atoms with E-state index in [2.05, 4.69) is 45.0 Å². The fourth-order valence-corrected chi connectivity index (χ4v) is 5.64. The zero-order valence-electron chi connectivity index (χ0n) is 22.3. The molecule has 2 unspecified atom stereocenters. The van der Waals surface area contributed by atoms with Crippen LogP contribution in [0.2, 0.25) is 5.02 Å². The molecule has 11 heteroatoms. The van der Waals surface area contributed by atoms with Crippen molar-refractivity contribution >= 4 is 23.6 Å².